The van der Waals surface area contributed by atoms with E-state index < -0.39 is 0 Å². The molecule has 7 heteroatoms. The smallest absolute Gasteiger partial charge is 0.211 e. The van der Waals surface area contributed by atoms with Gasteiger partial charge in [-0.05, 0) is 12.1 Å². The molecule has 0 aliphatic rings. The third-order valence-electron chi connectivity index (χ3n) is 2.66. The van der Waals surface area contributed by atoms with Crippen LogP contribution in [0, 0.1) is 0 Å². The Hall–Kier alpha value is -1.79. The number of fused-ring (bicyclic) bond motifs is 1. The number of aromatic nitrogens is 3. The third kappa shape index (κ3) is 2.86. The first-order valence-electron chi connectivity index (χ1n) is 5.59. The van der Waals surface area contributed by atoms with Gasteiger partial charge in [0.25, 0.3) is 0 Å². The number of hydrogen-bond acceptors (Lipinski definition) is 6. The summed E-state index contributed by atoms with van der Waals surface area (Å²) in [5, 5.41) is 22.8. The van der Waals surface area contributed by atoms with Crippen LogP contribution < -0.4 is 5.32 Å². The second-order valence-electron chi connectivity index (χ2n) is 3.92. The predicted molar refractivity (Wildman–Crippen MR) is 70.4 cm³/mol. The van der Waals surface area contributed by atoms with Crippen molar-refractivity contribution in [3.63, 3.8) is 0 Å². The SMILES string of the molecule is Oc1cc2c(Nc3ccccc3O)ncnc2cn1.[Y]. The molecule has 0 unspecified atom stereocenters. The molecule has 0 bridgehead atoms. The Balaban J connectivity index is 0.00000147. The predicted octanol–water partition coefficient (Wildman–Crippen LogP) is 2.18. The van der Waals surface area contributed by atoms with Gasteiger partial charge in [0.05, 0.1) is 17.4 Å². The fourth-order valence-electron chi connectivity index (χ4n) is 1.75. The Morgan fingerprint density at radius 1 is 1.00 bits per heavy atom. The average molecular weight is 343 g/mol. The van der Waals surface area contributed by atoms with Gasteiger partial charge in [-0.25, -0.2) is 15.0 Å². The van der Waals surface area contributed by atoms with E-state index in [0.29, 0.717) is 22.4 Å². The average Bonchev–Trinajstić information content (AvgIpc) is 2.42. The Morgan fingerprint density at radius 2 is 1.80 bits per heavy atom. The van der Waals surface area contributed by atoms with Gasteiger partial charge in [0, 0.05) is 44.2 Å². The molecule has 97 valence electrons. The van der Waals surface area contributed by atoms with E-state index in [2.05, 4.69) is 20.3 Å². The first-order valence-corrected chi connectivity index (χ1v) is 5.59. The van der Waals surface area contributed by atoms with Crippen molar-refractivity contribution in [2.24, 2.45) is 0 Å². The molecule has 2 heterocycles. The molecule has 2 aromatic heterocycles. The minimum absolute atomic E-state index is 0. The zero-order valence-corrected chi connectivity index (χ0v) is 13.2. The summed E-state index contributed by atoms with van der Waals surface area (Å²) < 4.78 is 0. The van der Waals surface area contributed by atoms with Gasteiger partial charge < -0.3 is 15.5 Å². The number of phenolic OH excluding ortho intramolecular Hbond substituents is 1. The van der Waals surface area contributed by atoms with Crippen molar-refractivity contribution in [1.82, 2.24) is 15.0 Å². The molecular weight excluding hydrogens is 333 g/mol. The number of hydrogen-bond donors (Lipinski definition) is 3. The van der Waals surface area contributed by atoms with Crippen LogP contribution in [0.25, 0.3) is 10.9 Å². The quantitative estimate of drug-likeness (QED) is 0.618. The van der Waals surface area contributed by atoms with Crippen LogP contribution in [0.3, 0.4) is 0 Å². The number of nitrogens with zero attached hydrogens (tertiary/aromatic N) is 3. The minimum Gasteiger partial charge on any atom is -0.506 e. The summed E-state index contributed by atoms with van der Waals surface area (Å²) in [6, 6.07) is 8.30. The van der Waals surface area contributed by atoms with Crippen LogP contribution >= 0.6 is 0 Å². The molecule has 0 atom stereocenters. The van der Waals surface area contributed by atoms with Crippen molar-refractivity contribution in [1.29, 1.82) is 0 Å². The van der Waals surface area contributed by atoms with Gasteiger partial charge in [0.1, 0.15) is 17.9 Å². The van der Waals surface area contributed by atoms with E-state index in [-0.39, 0.29) is 44.3 Å². The van der Waals surface area contributed by atoms with Crippen molar-refractivity contribution in [2.45, 2.75) is 0 Å². The van der Waals surface area contributed by atoms with Gasteiger partial charge >= 0.3 is 0 Å². The molecular formula is C13H10N4O2Y. The maximum atomic E-state index is 9.73. The van der Waals surface area contributed by atoms with Crippen LogP contribution in [0.15, 0.2) is 42.9 Å². The molecule has 0 fully saturated rings. The number of nitrogens with one attached hydrogen (secondary N) is 1. The summed E-state index contributed by atoms with van der Waals surface area (Å²) in [5.74, 6) is 0.499. The third-order valence-corrected chi connectivity index (χ3v) is 2.66. The van der Waals surface area contributed by atoms with E-state index in [4.69, 9.17) is 0 Å². The Bertz CT molecular complexity index is 751. The standard InChI is InChI=1S/C13H10N4O2.Y/c18-11-4-2-1-3-9(11)17-13-8-5-12(19)14-6-10(8)15-7-16-13;/h1-7,18H,(H,14,19)(H,15,16,17);. The van der Waals surface area contributed by atoms with E-state index in [1.165, 1.54) is 18.6 Å². The molecule has 0 aliphatic heterocycles. The number of benzene rings is 1. The van der Waals surface area contributed by atoms with E-state index >= 15 is 0 Å². The molecule has 3 rings (SSSR count). The second-order valence-corrected chi connectivity index (χ2v) is 3.92. The van der Waals surface area contributed by atoms with Gasteiger partial charge in [-0.2, -0.15) is 0 Å². The number of phenols is 1. The molecule has 1 aromatic carbocycles. The zero-order valence-electron chi connectivity index (χ0n) is 10.4. The molecule has 0 saturated heterocycles. The monoisotopic (exact) mass is 343 g/mol. The first-order chi connectivity index (χ1) is 9.24. The Kier molecular flexibility index (Phi) is 4.47. The van der Waals surface area contributed by atoms with E-state index in [1.54, 1.807) is 24.3 Å². The van der Waals surface area contributed by atoms with Gasteiger partial charge in [-0.1, -0.05) is 12.1 Å². The van der Waals surface area contributed by atoms with E-state index in [0.717, 1.165) is 0 Å². The van der Waals surface area contributed by atoms with Gasteiger partial charge in [0.15, 0.2) is 0 Å². The Morgan fingerprint density at radius 3 is 2.60 bits per heavy atom. The minimum atomic E-state index is -0.109. The van der Waals surface area contributed by atoms with Gasteiger partial charge in [-0.15, -0.1) is 0 Å². The molecule has 0 spiro atoms. The van der Waals surface area contributed by atoms with E-state index in [9.17, 15) is 10.2 Å². The van der Waals surface area contributed by atoms with Crippen LogP contribution in [0.5, 0.6) is 11.6 Å². The maximum absolute atomic E-state index is 9.73. The number of pyridine rings is 1. The van der Waals surface area contributed by atoms with Gasteiger partial charge in [0.2, 0.25) is 5.88 Å². The largest absolute Gasteiger partial charge is 0.506 e. The van der Waals surface area contributed by atoms with Crippen molar-refractivity contribution in [3.05, 3.63) is 42.9 Å². The number of aromatic hydroxyl groups is 2. The van der Waals surface area contributed by atoms with Crippen LogP contribution in [-0.4, -0.2) is 25.2 Å². The van der Waals surface area contributed by atoms with Crippen LogP contribution in [0.1, 0.15) is 0 Å². The van der Waals surface area contributed by atoms with Crippen molar-refractivity contribution < 1.29 is 42.9 Å². The van der Waals surface area contributed by atoms with Crippen LogP contribution in [0.2, 0.25) is 0 Å². The summed E-state index contributed by atoms with van der Waals surface area (Å²) in [7, 11) is 0. The number of anilines is 2. The summed E-state index contributed by atoms with van der Waals surface area (Å²) in [5.41, 5.74) is 1.13. The van der Waals surface area contributed by atoms with Gasteiger partial charge in [-0.3, -0.25) is 0 Å². The van der Waals surface area contributed by atoms with E-state index in [1.807, 2.05) is 0 Å². The summed E-state index contributed by atoms with van der Waals surface area (Å²) in [6.07, 6.45) is 2.85. The molecule has 6 nitrogen and oxygen atoms in total. The molecule has 0 saturated carbocycles. The second kappa shape index (κ2) is 6.11. The maximum Gasteiger partial charge on any atom is 0.211 e. The van der Waals surface area contributed by atoms with Crippen molar-refractivity contribution >= 4 is 22.4 Å². The van der Waals surface area contributed by atoms with Crippen molar-refractivity contribution in [3.8, 4) is 11.6 Å². The topological polar surface area (TPSA) is 91.2 Å². The number of para-hydroxylation sites is 2. The normalized spacial score (nSPS) is 10.0. The summed E-state index contributed by atoms with van der Waals surface area (Å²) in [6.45, 7) is 0. The fourth-order valence-corrected chi connectivity index (χ4v) is 1.75. The zero-order chi connectivity index (χ0) is 13.2. The Labute approximate surface area is 139 Å². The summed E-state index contributed by atoms with van der Waals surface area (Å²) >= 11 is 0. The molecule has 20 heavy (non-hydrogen) atoms. The number of rotatable bonds is 2. The fraction of sp³-hybridized carbons (Fsp3) is 0. The first kappa shape index (κ1) is 14.6. The summed E-state index contributed by atoms with van der Waals surface area (Å²) in [4.78, 5) is 11.9. The van der Waals surface area contributed by atoms with Crippen LogP contribution in [-0.2, 0) is 32.7 Å². The molecule has 3 aromatic rings. The van der Waals surface area contributed by atoms with Crippen molar-refractivity contribution in [2.75, 3.05) is 5.32 Å². The molecule has 1 radical (unpaired) electrons. The van der Waals surface area contributed by atoms with Crippen LogP contribution in [0.4, 0.5) is 11.5 Å². The molecule has 0 amide bonds. The molecule has 0 aliphatic carbocycles. The molecule has 3 N–H and O–H groups in total.